The molecule has 0 aromatic heterocycles. The monoisotopic (exact) mass is 198 g/mol. The summed E-state index contributed by atoms with van der Waals surface area (Å²) in [5.74, 6) is -0.745. The maximum atomic E-state index is 9.37. The van der Waals surface area contributed by atoms with Gasteiger partial charge in [-0.1, -0.05) is 42.8 Å². The van der Waals surface area contributed by atoms with Gasteiger partial charge in [-0.2, -0.15) is 0 Å². The van der Waals surface area contributed by atoms with E-state index in [1.54, 1.807) is 6.92 Å². The van der Waals surface area contributed by atoms with E-state index >= 15 is 0 Å². The third-order valence-electron chi connectivity index (χ3n) is 1.24. The zero-order valence-electron chi connectivity index (χ0n) is 8.90. The molecule has 1 aromatic carbocycles. The first-order valence-electron chi connectivity index (χ1n) is 4.35. The van der Waals surface area contributed by atoms with Crippen LogP contribution < -0.4 is 0 Å². The molecule has 0 aliphatic rings. The number of aliphatic hydroxyl groups excluding tert-OH is 1. The number of aliphatic hydroxyl groups is 1. The lowest BCUT2D eigenvalue weighted by molar-refractivity contribution is -0.136. The van der Waals surface area contributed by atoms with E-state index in [1.807, 2.05) is 18.2 Å². The lowest BCUT2D eigenvalue weighted by Gasteiger charge is -1.82. The summed E-state index contributed by atoms with van der Waals surface area (Å²) in [6.45, 7) is 3.68. The Kier molecular flexibility index (Phi) is 12.6. The van der Waals surface area contributed by atoms with Gasteiger partial charge < -0.3 is 10.2 Å². The number of hydrogen-bond donors (Lipinski definition) is 2. The number of rotatable bonds is 1. The molecule has 0 saturated heterocycles. The molecule has 0 unspecified atom stereocenters. The van der Waals surface area contributed by atoms with Crippen LogP contribution in [0.4, 0.5) is 0 Å². The highest BCUT2D eigenvalue weighted by molar-refractivity contribution is 5.66. The van der Waals surface area contributed by atoms with Gasteiger partial charge in [0.05, 0.1) is 0 Å². The molecule has 0 amide bonds. The zero-order valence-corrected chi connectivity index (χ0v) is 8.90. The topological polar surface area (TPSA) is 57.5 Å². The zero-order chi connectivity index (χ0) is 11.4. The molecule has 0 atom stereocenters. The second-order valence-corrected chi connectivity index (χ2v) is 2.40. The molecular formula is C11H18O3. The Balaban J connectivity index is 0. The molecule has 3 nitrogen and oxygen atoms in total. The predicted molar refractivity (Wildman–Crippen MR) is 57.2 cm³/mol. The van der Waals surface area contributed by atoms with Crippen LogP contribution in [0.25, 0.3) is 0 Å². The second kappa shape index (κ2) is 11.6. The smallest absolute Gasteiger partial charge is 0.303 e. The molecule has 0 heterocycles. The Hall–Kier alpha value is -1.35. The summed E-state index contributed by atoms with van der Waals surface area (Å²) in [6.07, 6.45) is 0.222. The van der Waals surface area contributed by atoms with Crippen molar-refractivity contribution in [1.29, 1.82) is 0 Å². The standard InChI is InChI=1S/C7H8.C3H6O2.CH4O/c1-7-5-3-2-4-6-7;1-2-3(4)5;1-2/h2-6H,1H3;2H2,1H3,(H,4,5);2H,1H3. The van der Waals surface area contributed by atoms with Gasteiger partial charge in [0, 0.05) is 13.5 Å². The molecule has 1 aromatic rings. The number of aryl methyl sites for hydroxylation is 1. The Morgan fingerprint density at radius 1 is 1.21 bits per heavy atom. The van der Waals surface area contributed by atoms with Crippen molar-refractivity contribution in [2.45, 2.75) is 20.3 Å². The maximum Gasteiger partial charge on any atom is 0.303 e. The van der Waals surface area contributed by atoms with Crippen LogP contribution in [0.15, 0.2) is 30.3 Å². The minimum Gasteiger partial charge on any atom is -0.481 e. The third-order valence-corrected chi connectivity index (χ3v) is 1.24. The van der Waals surface area contributed by atoms with Crippen molar-refractivity contribution in [1.82, 2.24) is 0 Å². The van der Waals surface area contributed by atoms with Crippen molar-refractivity contribution < 1.29 is 15.0 Å². The first-order valence-corrected chi connectivity index (χ1v) is 4.35. The van der Waals surface area contributed by atoms with Crippen LogP contribution >= 0.6 is 0 Å². The van der Waals surface area contributed by atoms with Crippen molar-refractivity contribution in [3.63, 3.8) is 0 Å². The molecule has 0 aliphatic carbocycles. The van der Waals surface area contributed by atoms with Crippen molar-refractivity contribution >= 4 is 5.97 Å². The van der Waals surface area contributed by atoms with Crippen LogP contribution in [0, 0.1) is 6.92 Å². The fourth-order valence-corrected chi connectivity index (χ4v) is 0.534. The van der Waals surface area contributed by atoms with Crippen LogP contribution in [-0.4, -0.2) is 23.3 Å². The van der Waals surface area contributed by atoms with Gasteiger partial charge in [-0.25, -0.2) is 0 Å². The largest absolute Gasteiger partial charge is 0.481 e. The Morgan fingerprint density at radius 3 is 1.71 bits per heavy atom. The molecule has 0 bridgehead atoms. The Morgan fingerprint density at radius 2 is 1.57 bits per heavy atom. The summed E-state index contributed by atoms with van der Waals surface area (Å²) in [5, 5.41) is 14.7. The number of carbonyl (C=O) groups is 1. The molecule has 0 spiro atoms. The highest BCUT2D eigenvalue weighted by atomic mass is 16.4. The fourth-order valence-electron chi connectivity index (χ4n) is 0.534. The van der Waals surface area contributed by atoms with Gasteiger partial charge in [-0.3, -0.25) is 4.79 Å². The van der Waals surface area contributed by atoms with Gasteiger partial charge in [-0.15, -0.1) is 0 Å². The van der Waals surface area contributed by atoms with Crippen LogP contribution in [0.3, 0.4) is 0 Å². The second-order valence-electron chi connectivity index (χ2n) is 2.40. The van der Waals surface area contributed by atoms with Crippen LogP contribution in [0.1, 0.15) is 18.9 Å². The number of benzene rings is 1. The molecule has 80 valence electrons. The van der Waals surface area contributed by atoms with Crippen molar-refractivity contribution in [2.24, 2.45) is 0 Å². The quantitative estimate of drug-likeness (QED) is 0.726. The van der Waals surface area contributed by atoms with Crippen molar-refractivity contribution in [2.75, 3.05) is 7.11 Å². The van der Waals surface area contributed by atoms with Gasteiger partial charge in [0.1, 0.15) is 0 Å². The normalized spacial score (nSPS) is 7.43. The highest BCUT2D eigenvalue weighted by Crippen LogP contribution is 1.92. The van der Waals surface area contributed by atoms with E-state index in [9.17, 15) is 4.79 Å². The molecule has 1 rings (SSSR count). The first-order chi connectivity index (χ1) is 6.66. The lowest BCUT2D eigenvalue weighted by atomic mass is 10.2. The first kappa shape index (κ1) is 15.1. The number of hydrogen-bond acceptors (Lipinski definition) is 2. The molecule has 3 heteroatoms. The van der Waals surface area contributed by atoms with Gasteiger partial charge in [0.2, 0.25) is 0 Å². The van der Waals surface area contributed by atoms with E-state index in [0.29, 0.717) is 0 Å². The van der Waals surface area contributed by atoms with Crippen molar-refractivity contribution in [3.05, 3.63) is 35.9 Å². The van der Waals surface area contributed by atoms with Crippen molar-refractivity contribution in [3.8, 4) is 0 Å². The number of carboxylic acid groups (broad SMARTS) is 1. The third kappa shape index (κ3) is 13.3. The highest BCUT2D eigenvalue weighted by Gasteiger charge is 1.80. The average molecular weight is 198 g/mol. The van der Waals surface area contributed by atoms with Gasteiger partial charge >= 0.3 is 5.97 Å². The summed E-state index contributed by atoms with van der Waals surface area (Å²) in [6, 6.07) is 10.3. The SMILES string of the molecule is CCC(=O)O.CO.Cc1ccccc1. The van der Waals surface area contributed by atoms with E-state index in [4.69, 9.17) is 10.2 Å². The summed E-state index contributed by atoms with van der Waals surface area (Å²) in [7, 11) is 1.00. The fraction of sp³-hybridized carbons (Fsp3) is 0.364. The van der Waals surface area contributed by atoms with E-state index < -0.39 is 5.97 Å². The van der Waals surface area contributed by atoms with Crippen LogP contribution in [0.2, 0.25) is 0 Å². The van der Waals surface area contributed by atoms with Crippen LogP contribution in [0.5, 0.6) is 0 Å². The minimum absolute atomic E-state index is 0.222. The average Bonchev–Trinajstić information content (AvgIpc) is 2.23. The molecule has 0 fully saturated rings. The van der Waals surface area contributed by atoms with Gasteiger partial charge in [0.15, 0.2) is 0 Å². The summed E-state index contributed by atoms with van der Waals surface area (Å²) in [5.41, 5.74) is 1.32. The number of aliphatic carboxylic acids is 1. The van der Waals surface area contributed by atoms with E-state index in [0.717, 1.165) is 7.11 Å². The summed E-state index contributed by atoms with van der Waals surface area (Å²) >= 11 is 0. The lowest BCUT2D eigenvalue weighted by Crippen LogP contribution is -1.86. The Bertz CT molecular complexity index is 219. The molecule has 0 radical (unpaired) electrons. The molecule has 0 saturated carbocycles. The number of carboxylic acids is 1. The molecular weight excluding hydrogens is 180 g/mol. The molecule has 14 heavy (non-hydrogen) atoms. The minimum atomic E-state index is -0.745. The van der Waals surface area contributed by atoms with E-state index in [1.165, 1.54) is 5.56 Å². The Labute approximate surface area is 85.0 Å². The van der Waals surface area contributed by atoms with Gasteiger partial charge in [-0.05, 0) is 6.92 Å². The summed E-state index contributed by atoms with van der Waals surface area (Å²) < 4.78 is 0. The molecule has 2 N–H and O–H groups in total. The summed E-state index contributed by atoms with van der Waals surface area (Å²) in [4.78, 5) is 9.37. The maximum absolute atomic E-state index is 9.37. The predicted octanol–water partition coefficient (Wildman–Crippen LogP) is 2.08. The van der Waals surface area contributed by atoms with Gasteiger partial charge in [0.25, 0.3) is 0 Å². The van der Waals surface area contributed by atoms with E-state index in [-0.39, 0.29) is 6.42 Å². The van der Waals surface area contributed by atoms with Crippen LogP contribution in [-0.2, 0) is 4.79 Å². The molecule has 0 aliphatic heterocycles. The van der Waals surface area contributed by atoms with E-state index in [2.05, 4.69) is 19.1 Å².